The molecular formula is C28H31FN2O4. The third-order valence-electron chi connectivity index (χ3n) is 6.78. The quantitative estimate of drug-likeness (QED) is 0.559. The number of carbonyl (C=O) groups is 3. The Morgan fingerprint density at radius 1 is 1.03 bits per heavy atom. The molecule has 2 heterocycles. The van der Waals surface area contributed by atoms with Gasteiger partial charge in [-0.15, -0.1) is 0 Å². The smallest absolute Gasteiger partial charge is 0.336 e. The van der Waals surface area contributed by atoms with Gasteiger partial charge in [-0.2, -0.15) is 0 Å². The number of carbonyl (C=O) groups excluding carboxylic acids is 3. The third kappa shape index (κ3) is 5.29. The lowest BCUT2D eigenvalue weighted by molar-refractivity contribution is -0.140. The summed E-state index contributed by atoms with van der Waals surface area (Å²) in [5.74, 6) is -1.87. The fraction of sp³-hybridized carbons (Fsp3) is 0.393. The molecule has 35 heavy (non-hydrogen) atoms. The van der Waals surface area contributed by atoms with E-state index in [1.54, 1.807) is 49.1 Å². The van der Waals surface area contributed by atoms with E-state index in [2.05, 4.69) is 0 Å². The maximum absolute atomic E-state index is 14.6. The number of amides is 2. The summed E-state index contributed by atoms with van der Waals surface area (Å²) in [7, 11) is 0. The summed E-state index contributed by atoms with van der Waals surface area (Å²) in [5.41, 5.74) is 2.53. The number of rotatable bonds is 6. The third-order valence-corrected chi connectivity index (χ3v) is 6.78. The second kappa shape index (κ2) is 10.8. The number of hydrogen-bond acceptors (Lipinski definition) is 4. The molecule has 7 heteroatoms. The molecule has 2 aromatic carbocycles. The van der Waals surface area contributed by atoms with Crippen LogP contribution in [-0.2, 0) is 20.9 Å². The Labute approximate surface area is 205 Å². The molecule has 184 valence electrons. The number of nitrogens with zero attached hydrogens (tertiary/aromatic N) is 2. The van der Waals surface area contributed by atoms with Crippen LogP contribution in [0.4, 0.5) is 4.39 Å². The summed E-state index contributed by atoms with van der Waals surface area (Å²) in [6.07, 6.45) is 3.19. The molecule has 0 aliphatic carbocycles. The first kappa shape index (κ1) is 24.6. The Morgan fingerprint density at radius 2 is 1.71 bits per heavy atom. The molecule has 6 nitrogen and oxygen atoms in total. The summed E-state index contributed by atoms with van der Waals surface area (Å²) >= 11 is 0. The standard InChI is InChI=1S/C28H31FN2O4/c1-3-35-28(34)26-19(2)31(25(32)17-23(26)22-9-5-6-10-24(22)29)18-20-11-13-21(14-12-20)27(33)30-15-7-4-8-16-30/h5-6,9-14,23H,3-4,7-8,15-18H2,1-2H3. The molecule has 0 bridgehead atoms. The van der Waals surface area contributed by atoms with Crippen molar-refractivity contribution in [2.75, 3.05) is 19.7 Å². The number of ether oxygens (including phenoxy) is 1. The normalized spacial score (nSPS) is 18.6. The van der Waals surface area contributed by atoms with Crippen molar-refractivity contribution in [2.24, 2.45) is 0 Å². The summed E-state index contributed by atoms with van der Waals surface area (Å²) in [5, 5.41) is 0. The van der Waals surface area contributed by atoms with Crippen molar-refractivity contribution in [3.63, 3.8) is 0 Å². The molecule has 2 aromatic rings. The summed E-state index contributed by atoms with van der Waals surface area (Å²) < 4.78 is 19.9. The Kier molecular flexibility index (Phi) is 7.63. The average Bonchev–Trinajstić information content (AvgIpc) is 2.87. The second-order valence-electron chi connectivity index (χ2n) is 9.03. The van der Waals surface area contributed by atoms with Gasteiger partial charge < -0.3 is 14.5 Å². The molecule has 0 radical (unpaired) electrons. The van der Waals surface area contributed by atoms with Crippen LogP contribution in [0.25, 0.3) is 0 Å². The van der Waals surface area contributed by atoms with Gasteiger partial charge >= 0.3 is 5.97 Å². The van der Waals surface area contributed by atoms with Gasteiger partial charge in [0.1, 0.15) is 5.82 Å². The highest BCUT2D eigenvalue weighted by atomic mass is 19.1. The minimum Gasteiger partial charge on any atom is -0.463 e. The van der Waals surface area contributed by atoms with Gasteiger partial charge in [0.2, 0.25) is 5.91 Å². The van der Waals surface area contributed by atoms with Crippen molar-refractivity contribution in [3.8, 4) is 0 Å². The fourth-order valence-corrected chi connectivity index (χ4v) is 4.92. The molecule has 0 aromatic heterocycles. The molecule has 1 fully saturated rings. The molecule has 0 saturated carbocycles. The minimum absolute atomic E-state index is 0.0266. The number of piperidine rings is 1. The Balaban J connectivity index is 1.59. The van der Waals surface area contributed by atoms with Gasteiger partial charge in [0.25, 0.3) is 5.91 Å². The minimum atomic E-state index is -0.705. The summed E-state index contributed by atoms with van der Waals surface area (Å²) in [6.45, 7) is 5.41. The van der Waals surface area contributed by atoms with Crippen LogP contribution in [0.3, 0.4) is 0 Å². The van der Waals surface area contributed by atoms with E-state index in [4.69, 9.17) is 4.74 Å². The highest BCUT2D eigenvalue weighted by Crippen LogP contribution is 2.38. The van der Waals surface area contributed by atoms with Crippen molar-refractivity contribution >= 4 is 17.8 Å². The van der Waals surface area contributed by atoms with Crippen LogP contribution in [0.5, 0.6) is 0 Å². The molecule has 2 aliphatic rings. The Morgan fingerprint density at radius 3 is 2.37 bits per heavy atom. The second-order valence-corrected chi connectivity index (χ2v) is 9.03. The molecule has 2 amide bonds. The highest BCUT2D eigenvalue weighted by molar-refractivity contribution is 5.96. The lowest BCUT2D eigenvalue weighted by atomic mass is 9.83. The van der Waals surface area contributed by atoms with Gasteiger partial charge in [0.05, 0.1) is 18.7 Å². The van der Waals surface area contributed by atoms with Crippen molar-refractivity contribution in [3.05, 3.63) is 82.3 Å². The predicted octanol–water partition coefficient (Wildman–Crippen LogP) is 4.81. The SMILES string of the molecule is CCOC(=O)C1=C(C)N(Cc2ccc(C(=O)N3CCCCC3)cc2)C(=O)CC1c1ccccc1F. The number of allylic oxidation sites excluding steroid dienone is 1. The zero-order chi connectivity index (χ0) is 24.9. The lowest BCUT2D eigenvalue weighted by Gasteiger charge is -2.34. The van der Waals surface area contributed by atoms with Crippen LogP contribution < -0.4 is 0 Å². The molecule has 2 aliphatic heterocycles. The Bertz CT molecular complexity index is 1140. The van der Waals surface area contributed by atoms with Crippen LogP contribution in [0.1, 0.15) is 66.9 Å². The van der Waals surface area contributed by atoms with Gasteiger partial charge in [-0.25, -0.2) is 9.18 Å². The molecule has 1 unspecified atom stereocenters. The largest absolute Gasteiger partial charge is 0.463 e. The number of likely N-dealkylation sites (tertiary alicyclic amines) is 1. The molecule has 0 spiro atoms. The van der Waals surface area contributed by atoms with Crippen molar-refractivity contribution in [1.82, 2.24) is 9.80 Å². The lowest BCUT2D eigenvalue weighted by Crippen LogP contribution is -2.38. The molecule has 1 saturated heterocycles. The first-order valence-electron chi connectivity index (χ1n) is 12.2. The summed E-state index contributed by atoms with van der Waals surface area (Å²) in [4.78, 5) is 42.2. The van der Waals surface area contributed by atoms with E-state index in [1.165, 1.54) is 6.07 Å². The van der Waals surface area contributed by atoms with E-state index in [1.807, 2.05) is 17.0 Å². The fourth-order valence-electron chi connectivity index (χ4n) is 4.92. The first-order valence-corrected chi connectivity index (χ1v) is 12.2. The van der Waals surface area contributed by atoms with Crippen molar-refractivity contribution < 1.29 is 23.5 Å². The summed E-state index contributed by atoms with van der Waals surface area (Å²) in [6, 6.07) is 13.5. The Hall–Kier alpha value is -3.48. The monoisotopic (exact) mass is 478 g/mol. The van der Waals surface area contributed by atoms with E-state index < -0.39 is 17.7 Å². The van der Waals surface area contributed by atoms with E-state index >= 15 is 0 Å². The number of esters is 1. The predicted molar refractivity (Wildman–Crippen MR) is 130 cm³/mol. The van der Waals surface area contributed by atoms with Gasteiger partial charge in [-0.1, -0.05) is 30.3 Å². The van der Waals surface area contributed by atoms with Gasteiger partial charge in [-0.3, -0.25) is 9.59 Å². The molecule has 4 rings (SSSR count). The number of benzene rings is 2. The van der Waals surface area contributed by atoms with Gasteiger partial charge in [0.15, 0.2) is 0 Å². The topological polar surface area (TPSA) is 66.9 Å². The van der Waals surface area contributed by atoms with Crippen molar-refractivity contribution in [2.45, 2.75) is 52.0 Å². The van der Waals surface area contributed by atoms with Crippen molar-refractivity contribution in [1.29, 1.82) is 0 Å². The highest BCUT2D eigenvalue weighted by Gasteiger charge is 2.38. The van der Waals surface area contributed by atoms with Crippen LogP contribution in [0, 0.1) is 5.82 Å². The number of hydrogen-bond donors (Lipinski definition) is 0. The van der Waals surface area contributed by atoms with Crippen LogP contribution in [-0.4, -0.2) is 47.3 Å². The van der Waals surface area contributed by atoms with E-state index in [-0.39, 0.29) is 31.4 Å². The van der Waals surface area contributed by atoms with Gasteiger partial charge in [0, 0.05) is 36.7 Å². The van der Waals surface area contributed by atoms with Gasteiger partial charge in [-0.05, 0) is 62.4 Å². The number of halogens is 1. The average molecular weight is 479 g/mol. The maximum Gasteiger partial charge on any atom is 0.336 e. The zero-order valence-electron chi connectivity index (χ0n) is 20.3. The molecule has 1 atom stereocenters. The van der Waals surface area contributed by atoms with E-state index in [0.29, 0.717) is 22.4 Å². The van der Waals surface area contributed by atoms with Crippen LogP contribution >= 0.6 is 0 Å². The van der Waals surface area contributed by atoms with Crippen LogP contribution in [0.15, 0.2) is 59.8 Å². The van der Waals surface area contributed by atoms with E-state index in [9.17, 15) is 18.8 Å². The molecule has 0 N–H and O–H groups in total. The zero-order valence-corrected chi connectivity index (χ0v) is 20.3. The molecular weight excluding hydrogens is 447 g/mol. The van der Waals surface area contributed by atoms with E-state index in [0.717, 1.165) is 37.9 Å². The first-order chi connectivity index (χ1) is 16.9. The maximum atomic E-state index is 14.6. The van der Waals surface area contributed by atoms with Crippen LogP contribution in [0.2, 0.25) is 0 Å².